The van der Waals surface area contributed by atoms with E-state index in [1.165, 1.54) is 0 Å². The van der Waals surface area contributed by atoms with Crippen molar-refractivity contribution in [2.45, 2.75) is 25.3 Å². The molecular formula is C22H21ClN4O2. The lowest BCUT2D eigenvalue weighted by molar-refractivity contribution is -0.134. The molecule has 1 aliphatic heterocycles. The van der Waals surface area contributed by atoms with Gasteiger partial charge in [-0.25, -0.2) is 0 Å². The van der Waals surface area contributed by atoms with Crippen molar-refractivity contribution in [1.29, 1.82) is 0 Å². The average molecular weight is 409 g/mol. The molecule has 0 spiro atoms. The van der Waals surface area contributed by atoms with E-state index in [4.69, 9.17) is 11.6 Å². The van der Waals surface area contributed by atoms with Gasteiger partial charge in [0.1, 0.15) is 0 Å². The van der Waals surface area contributed by atoms with E-state index in [-0.39, 0.29) is 11.8 Å². The van der Waals surface area contributed by atoms with Gasteiger partial charge in [0.15, 0.2) is 0 Å². The second-order valence-corrected chi connectivity index (χ2v) is 7.54. The number of rotatable bonds is 5. The van der Waals surface area contributed by atoms with E-state index in [1.54, 1.807) is 4.68 Å². The van der Waals surface area contributed by atoms with Crippen LogP contribution in [0.5, 0.6) is 0 Å². The molecule has 0 radical (unpaired) electrons. The molecule has 1 aliphatic rings. The summed E-state index contributed by atoms with van der Waals surface area (Å²) >= 11 is 6.67. The number of imide groups is 1. The van der Waals surface area contributed by atoms with Crippen molar-refractivity contribution in [3.05, 3.63) is 71.0 Å². The third kappa shape index (κ3) is 4.17. The zero-order chi connectivity index (χ0) is 20.4. The Morgan fingerprint density at radius 2 is 2.00 bits per heavy atom. The highest BCUT2D eigenvalue weighted by atomic mass is 35.5. The topological polar surface area (TPSA) is 76.0 Å². The Hall–Kier alpha value is -3.12. The number of hydrogen-bond acceptors (Lipinski definition) is 4. The minimum Gasteiger partial charge on any atom is -0.381 e. The van der Waals surface area contributed by atoms with Gasteiger partial charge in [-0.2, -0.15) is 5.10 Å². The summed E-state index contributed by atoms with van der Waals surface area (Å²) in [6, 6.07) is 13.7. The molecule has 2 heterocycles. The SMILES string of the molecule is Cn1cc(CNc2ccc(-c3cccc(C4CCC(=O)NC4=O)c3Cl)cc2)cn1. The third-order valence-corrected chi connectivity index (χ3v) is 5.52. The number of anilines is 1. The molecule has 0 aliphatic carbocycles. The van der Waals surface area contributed by atoms with Crippen LogP contribution < -0.4 is 10.6 Å². The zero-order valence-corrected chi connectivity index (χ0v) is 16.7. The molecule has 2 N–H and O–H groups in total. The molecular weight excluding hydrogens is 388 g/mol. The van der Waals surface area contributed by atoms with Crippen molar-refractivity contribution in [1.82, 2.24) is 15.1 Å². The van der Waals surface area contributed by atoms with Crippen LogP contribution >= 0.6 is 11.6 Å². The molecule has 6 nitrogen and oxygen atoms in total. The van der Waals surface area contributed by atoms with E-state index < -0.39 is 5.92 Å². The fourth-order valence-electron chi connectivity index (χ4n) is 3.57. The fourth-order valence-corrected chi connectivity index (χ4v) is 3.93. The number of hydrogen-bond donors (Lipinski definition) is 2. The predicted octanol–water partition coefficient (Wildman–Crippen LogP) is 3.87. The van der Waals surface area contributed by atoms with Crippen LogP contribution in [-0.4, -0.2) is 21.6 Å². The van der Waals surface area contributed by atoms with Crippen LogP contribution in [0.3, 0.4) is 0 Å². The summed E-state index contributed by atoms with van der Waals surface area (Å²) in [5.74, 6) is -0.913. The highest BCUT2D eigenvalue weighted by Crippen LogP contribution is 2.37. The summed E-state index contributed by atoms with van der Waals surface area (Å²) in [5, 5.41) is 10.5. The van der Waals surface area contributed by atoms with Crippen molar-refractivity contribution >= 4 is 29.1 Å². The first-order chi connectivity index (χ1) is 14.0. The van der Waals surface area contributed by atoms with Gasteiger partial charge in [-0.3, -0.25) is 19.6 Å². The maximum absolute atomic E-state index is 12.2. The largest absolute Gasteiger partial charge is 0.381 e. The number of nitrogens with one attached hydrogen (secondary N) is 2. The Morgan fingerprint density at radius 3 is 2.69 bits per heavy atom. The van der Waals surface area contributed by atoms with Crippen LogP contribution in [0.2, 0.25) is 5.02 Å². The Labute approximate surface area is 173 Å². The number of piperidine rings is 1. The Balaban J connectivity index is 1.52. The molecule has 148 valence electrons. The monoisotopic (exact) mass is 408 g/mol. The molecule has 0 bridgehead atoms. The molecule has 7 heteroatoms. The standard InChI is InChI=1S/C22H21ClN4O2/c1-27-13-14(12-25-27)11-24-16-7-5-15(6-8-16)17-3-2-4-18(21(17)23)19-9-10-20(28)26-22(19)29/h2-8,12-13,19,24H,9-11H2,1H3,(H,26,28,29). The Bertz CT molecular complexity index is 1060. The van der Waals surface area contributed by atoms with Crippen LogP contribution in [-0.2, 0) is 23.2 Å². The van der Waals surface area contributed by atoms with Crippen molar-refractivity contribution in [3.63, 3.8) is 0 Å². The van der Waals surface area contributed by atoms with E-state index in [9.17, 15) is 9.59 Å². The second-order valence-electron chi connectivity index (χ2n) is 7.17. The van der Waals surface area contributed by atoms with E-state index in [0.717, 1.165) is 27.9 Å². The van der Waals surface area contributed by atoms with Gasteiger partial charge >= 0.3 is 0 Å². The molecule has 29 heavy (non-hydrogen) atoms. The summed E-state index contributed by atoms with van der Waals surface area (Å²) in [6.07, 6.45) is 4.61. The molecule has 3 aromatic rings. The molecule has 4 rings (SSSR count). The number of halogens is 1. The molecule has 2 aromatic carbocycles. The van der Waals surface area contributed by atoms with Gasteiger partial charge in [0.05, 0.1) is 17.1 Å². The first kappa shape index (κ1) is 19.2. The summed E-state index contributed by atoms with van der Waals surface area (Å²) in [6.45, 7) is 0.693. The smallest absolute Gasteiger partial charge is 0.234 e. The highest BCUT2D eigenvalue weighted by Gasteiger charge is 2.30. The van der Waals surface area contributed by atoms with Crippen LogP contribution in [0.15, 0.2) is 54.9 Å². The minimum absolute atomic E-state index is 0.229. The van der Waals surface area contributed by atoms with E-state index in [2.05, 4.69) is 15.7 Å². The van der Waals surface area contributed by atoms with Crippen molar-refractivity contribution in [2.24, 2.45) is 7.05 Å². The quantitative estimate of drug-likeness (QED) is 0.628. The van der Waals surface area contributed by atoms with Crippen molar-refractivity contribution in [3.8, 4) is 11.1 Å². The lowest BCUT2D eigenvalue weighted by Crippen LogP contribution is -2.39. The Kier molecular flexibility index (Phi) is 5.36. The van der Waals surface area contributed by atoms with Crippen LogP contribution in [0, 0.1) is 0 Å². The molecule has 1 atom stereocenters. The van der Waals surface area contributed by atoms with E-state index >= 15 is 0 Å². The summed E-state index contributed by atoms with van der Waals surface area (Å²) in [5.41, 5.74) is 4.70. The van der Waals surface area contributed by atoms with Crippen LogP contribution in [0.4, 0.5) is 5.69 Å². The van der Waals surface area contributed by atoms with E-state index in [0.29, 0.717) is 24.4 Å². The number of benzene rings is 2. The van der Waals surface area contributed by atoms with Gasteiger partial charge in [0.2, 0.25) is 11.8 Å². The first-order valence-corrected chi connectivity index (χ1v) is 9.83. The lowest BCUT2D eigenvalue weighted by atomic mass is 9.88. The van der Waals surface area contributed by atoms with Gasteiger partial charge < -0.3 is 5.32 Å². The molecule has 0 saturated carbocycles. The second kappa shape index (κ2) is 8.09. The lowest BCUT2D eigenvalue weighted by Gasteiger charge is -2.23. The van der Waals surface area contributed by atoms with E-state index in [1.807, 2.05) is 61.9 Å². The molecule has 1 fully saturated rings. The normalized spacial score (nSPS) is 16.6. The number of aryl methyl sites for hydroxylation is 1. The number of carbonyl (C=O) groups excluding carboxylic acids is 2. The van der Waals surface area contributed by atoms with Gasteiger partial charge in [-0.15, -0.1) is 0 Å². The first-order valence-electron chi connectivity index (χ1n) is 9.45. The summed E-state index contributed by atoms with van der Waals surface area (Å²) < 4.78 is 1.78. The highest BCUT2D eigenvalue weighted by molar-refractivity contribution is 6.34. The van der Waals surface area contributed by atoms with Gasteiger partial charge in [-0.1, -0.05) is 41.9 Å². The summed E-state index contributed by atoms with van der Waals surface area (Å²) in [7, 11) is 1.89. The third-order valence-electron chi connectivity index (χ3n) is 5.09. The number of aromatic nitrogens is 2. The molecule has 2 amide bonds. The maximum Gasteiger partial charge on any atom is 0.234 e. The molecule has 1 saturated heterocycles. The summed E-state index contributed by atoms with van der Waals surface area (Å²) in [4.78, 5) is 23.7. The van der Waals surface area contributed by atoms with Gasteiger partial charge in [-0.05, 0) is 29.7 Å². The fraction of sp³-hybridized carbons (Fsp3) is 0.227. The van der Waals surface area contributed by atoms with Crippen LogP contribution in [0.1, 0.15) is 29.9 Å². The molecule has 1 unspecified atom stereocenters. The number of carbonyl (C=O) groups is 2. The predicted molar refractivity (Wildman–Crippen MR) is 113 cm³/mol. The van der Waals surface area contributed by atoms with Crippen molar-refractivity contribution in [2.75, 3.05) is 5.32 Å². The molecule has 1 aromatic heterocycles. The van der Waals surface area contributed by atoms with Crippen LogP contribution in [0.25, 0.3) is 11.1 Å². The maximum atomic E-state index is 12.2. The minimum atomic E-state index is -0.402. The zero-order valence-electron chi connectivity index (χ0n) is 16.0. The van der Waals surface area contributed by atoms with Gasteiger partial charge in [0, 0.05) is 43.0 Å². The Morgan fingerprint density at radius 1 is 1.21 bits per heavy atom. The van der Waals surface area contributed by atoms with Gasteiger partial charge in [0.25, 0.3) is 0 Å². The van der Waals surface area contributed by atoms with Crippen molar-refractivity contribution < 1.29 is 9.59 Å². The average Bonchev–Trinajstić information content (AvgIpc) is 3.13. The number of nitrogens with zero attached hydrogens (tertiary/aromatic N) is 2. The number of amides is 2.